The van der Waals surface area contributed by atoms with Crippen molar-refractivity contribution >= 4 is 17.4 Å². The van der Waals surface area contributed by atoms with Crippen LogP contribution in [0.25, 0.3) is 22.3 Å². The Morgan fingerprint density at radius 1 is 0.935 bits per heavy atom. The summed E-state index contributed by atoms with van der Waals surface area (Å²) in [5.74, 6) is -0.512. The molecule has 0 saturated heterocycles. The zero-order chi connectivity index (χ0) is 22.2. The van der Waals surface area contributed by atoms with Crippen LogP contribution in [0.15, 0.2) is 67.0 Å². The van der Waals surface area contributed by atoms with Gasteiger partial charge in [-0.25, -0.2) is 4.98 Å². The molecule has 0 bridgehead atoms. The zero-order valence-corrected chi connectivity index (χ0v) is 16.6. The van der Waals surface area contributed by atoms with Crippen LogP contribution in [-0.4, -0.2) is 14.8 Å². The van der Waals surface area contributed by atoms with Crippen molar-refractivity contribution in [3.05, 3.63) is 89.1 Å². The number of anilines is 1. The van der Waals surface area contributed by atoms with Crippen molar-refractivity contribution in [2.24, 2.45) is 0 Å². The molecule has 0 fully saturated rings. The van der Waals surface area contributed by atoms with E-state index in [0.717, 1.165) is 12.1 Å². The summed E-state index contributed by atoms with van der Waals surface area (Å²) in [6, 6.07) is 13.2. The molecule has 2 N–H and O–H groups in total. The summed E-state index contributed by atoms with van der Waals surface area (Å²) in [4.78, 5) is 4.10. The third-order valence-electron chi connectivity index (χ3n) is 4.75. The fourth-order valence-corrected chi connectivity index (χ4v) is 3.39. The molecule has 0 saturated carbocycles. The number of nitrogens with zero attached hydrogens (tertiary/aromatic N) is 3. The van der Waals surface area contributed by atoms with Crippen LogP contribution < -0.4 is 5.73 Å². The maximum absolute atomic E-state index is 14.7. The van der Waals surface area contributed by atoms with Gasteiger partial charge in [-0.15, -0.1) is 5.10 Å². The Bertz CT molecular complexity index is 1220. The second-order valence-corrected chi connectivity index (χ2v) is 7.29. The molecule has 4 nitrogen and oxygen atoms in total. The fraction of sp³-hybridized carbons (Fsp3) is 0.0909. The van der Waals surface area contributed by atoms with Gasteiger partial charge in [0, 0.05) is 28.5 Å². The lowest BCUT2D eigenvalue weighted by Crippen LogP contribution is -2.06. The van der Waals surface area contributed by atoms with Gasteiger partial charge in [0.05, 0.1) is 17.7 Å². The number of nitrogen functional groups attached to an aromatic ring is 1. The molecule has 2 aromatic heterocycles. The molecule has 2 aromatic carbocycles. The van der Waals surface area contributed by atoms with Crippen LogP contribution in [0.5, 0.6) is 0 Å². The summed E-state index contributed by atoms with van der Waals surface area (Å²) < 4.78 is 54.3. The van der Waals surface area contributed by atoms with Crippen LogP contribution >= 0.6 is 11.6 Å². The molecule has 31 heavy (non-hydrogen) atoms. The Balaban J connectivity index is 1.69. The minimum atomic E-state index is -4.41. The standard InChI is InChI=1S/C22H15ClF4N4/c23-16-7-3-14(4-8-16)19-17(9-10-29-21(19)28)18-12-31(30-20(18)24)11-13-1-5-15(6-2-13)22(25,26)27/h1-10,12H,11H2,(H2,28,29). The number of pyridine rings is 1. The van der Waals surface area contributed by atoms with Crippen LogP contribution in [0.4, 0.5) is 23.4 Å². The van der Waals surface area contributed by atoms with Crippen molar-refractivity contribution in [3.63, 3.8) is 0 Å². The average Bonchev–Trinajstić information content (AvgIpc) is 3.08. The third-order valence-corrected chi connectivity index (χ3v) is 5.00. The number of hydrogen-bond acceptors (Lipinski definition) is 3. The molecule has 0 unspecified atom stereocenters. The first-order chi connectivity index (χ1) is 14.7. The molecule has 4 aromatic rings. The maximum atomic E-state index is 14.7. The molecule has 0 aliphatic carbocycles. The number of halogens is 5. The Hall–Kier alpha value is -3.39. The summed E-state index contributed by atoms with van der Waals surface area (Å²) in [6.45, 7) is 0.103. The monoisotopic (exact) mass is 446 g/mol. The summed E-state index contributed by atoms with van der Waals surface area (Å²) in [6.07, 6.45) is -1.46. The van der Waals surface area contributed by atoms with Crippen molar-refractivity contribution in [1.29, 1.82) is 0 Å². The van der Waals surface area contributed by atoms with Crippen molar-refractivity contribution < 1.29 is 17.6 Å². The highest BCUT2D eigenvalue weighted by atomic mass is 35.5. The van der Waals surface area contributed by atoms with Gasteiger partial charge >= 0.3 is 6.18 Å². The number of aromatic nitrogens is 3. The van der Waals surface area contributed by atoms with Crippen molar-refractivity contribution in [2.75, 3.05) is 5.73 Å². The van der Waals surface area contributed by atoms with E-state index >= 15 is 0 Å². The van der Waals surface area contributed by atoms with Crippen molar-refractivity contribution in [3.8, 4) is 22.3 Å². The highest BCUT2D eigenvalue weighted by Gasteiger charge is 2.30. The molecular weight excluding hydrogens is 432 g/mol. The average molecular weight is 447 g/mol. The molecule has 4 rings (SSSR count). The van der Waals surface area contributed by atoms with E-state index in [9.17, 15) is 17.6 Å². The van der Waals surface area contributed by atoms with Gasteiger partial charge in [0.15, 0.2) is 0 Å². The van der Waals surface area contributed by atoms with Gasteiger partial charge in [0.25, 0.3) is 0 Å². The first kappa shape index (κ1) is 20.9. The second-order valence-electron chi connectivity index (χ2n) is 6.85. The number of nitrogens with two attached hydrogens (primary N) is 1. The number of rotatable bonds is 4. The lowest BCUT2D eigenvalue weighted by atomic mass is 9.97. The topological polar surface area (TPSA) is 56.7 Å². The molecule has 2 heterocycles. The van der Waals surface area contributed by atoms with E-state index in [0.29, 0.717) is 27.3 Å². The fourth-order valence-electron chi connectivity index (χ4n) is 3.27. The van der Waals surface area contributed by atoms with Gasteiger partial charge in [-0.1, -0.05) is 35.9 Å². The minimum Gasteiger partial charge on any atom is -0.383 e. The summed E-state index contributed by atoms with van der Waals surface area (Å²) >= 11 is 5.95. The molecule has 158 valence electrons. The Morgan fingerprint density at radius 3 is 2.26 bits per heavy atom. The SMILES string of the molecule is Nc1nccc(-c2cn(Cc3ccc(C(F)(F)F)cc3)nc2F)c1-c1ccc(Cl)cc1. The van der Waals surface area contributed by atoms with E-state index < -0.39 is 17.7 Å². The zero-order valence-electron chi connectivity index (χ0n) is 15.9. The van der Waals surface area contributed by atoms with Gasteiger partial charge < -0.3 is 5.73 Å². The van der Waals surface area contributed by atoms with E-state index in [1.54, 1.807) is 30.3 Å². The van der Waals surface area contributed by atoms with E-state index in [1.807, 2.05) is 0 Å². The lowest BCUT2D eigenvalue weighted by molar-refractivity contribution is -0.137. The van der Waals surface area contributed by atoms with Crippen LogP contribution in [0, 0.1) is 5.95 Å². The third kappa shape index (κ3) is 4.39. The maximum Gasteiger partial charge on any atom is 0.416 e. The van der Waals surface area contributed by atoms with E-state index in [-0.39, 0.29) is 17.9 Å². The molecule has 0 amide bonds. The molecule has 0 aliphatic heterocycles. The molecule has 0 spiro atoms. The van der Waals surface area contributed by atoms with Gasteiger partial charge in [0.2, 0.25) is 5.95 Å². The first-order valence-corrected chi connectivity index (χ1v) is 9.50. The normalized spacial score (nSPS) is 11.6. The highest BCUT2D eigenvalue weighted by Crippen LogP contribution is 2.37. The Morgan fingerprint density at radius 2 is 1.61 bits per heavy atom. The number of alkyl halides is 3. The van der Waals surface area contributed by atoms with Gasteiger partial charge in [-0.3, -0.25) is 4.68 Å². The molecule has 0 atom stereocenters. The Kier molecular flexibility index (Phi) is 5.41. The second kappa shape index (κ2) is 8.03. The number of hydrogen-bond donors (Lipinski definition) is 1. The minimum absolute atomic E-state index is 0.103. The molecule has 0 aliphatic rings. The molecular formula is C22H15ClF4N4. The van der Waals surface area contributed by atoms with Crippen LogP contribution in [0.3, 0.4) is 0 Å². The van der Waals surface area contributed by atoms with Crippen LogP contribution in [0.1, 0.15) is 11.1 Å². The van der Waals surface area contributed by atoms with E-state index in [4.69, 9.17) is 17.3 Å². The largest absolute Gasteiger partial charge is 0.416 e. The summed E-state index contributed by atoms with van der Waals surface area (Å²) in [5.41, 5.74) is 7.81. The summed E-state index contributed by atoms with van der Waals surface area (Å²) in [5, 5.41) is 4.42. The van der Waals surface area contributed by atoms with Gasteiger partial charge in [-0.05, 0) is 41.5 Å². The van der Waals surface area contributed by atoms with E-state index in [2.05, 4.69) is 10.1 Å². The van der Waals surface area contributed by atoms with Crippen LogP contribution in [0.2, 0.25) is 5.02 Å². The predicted molar refractivity (Wildman–Crippen MR) is 111 cm³/mol. The van der Waals surface area contributed by atoms with Crippen LogP contribution in [-0.2, 0) is 12.7 Å². The predicted octanol–water partition coefficient (Wildman–Crippen LogP) is 6.05. The van der Waals surface area contributed by atoms with Crippen molar-refractivity contribution in [1.82, 2.24) is 14.8 Å². The van der Waals surface area contributed by atoms with E-state index in [1.165, 1.54) is 29.2 Å². The molecule has 0 radical (unpaired) electrons. The Labute approximate surface area is 179 Å². The lowest BCUT2D eigenvalue weighted by Gasteiger charge is -2.11. The van der Waals surface area contributed by atoms with Crippen molar-refractivity contribution in [2.45, 2.75) is 12.7 Å². The van der Waals surface area contributed by atoms with Gasteiger partial charge in [-0.2, -0.15) is 17.6 Å². The quantitative estimate of drug-likeness (QED) is 0.388. The number of benzene rings is 2. The summed E-state index contributed by atoms with van der Waals surface area (Å²) in [7, 11) is 0. The first-order valence-electron chi connectivity index (χ1n) is 9.12. The molecule has 9 heteroatoms. The smallest absolute Gasteiger partial charge is 0.383 e. The highest BCUT2D eigenvalue weighted by molar-refractivity contribution is 6.30. The van der Waals surface area contributed by atoms with Gasteiger partial charge in [0.1, 0.15) is 5.82 Å².